The molecular weight excluding hydrogens is 585 g/mol. The molecule has 0 bridgehead atoms. The smallest absolute Gasteiger partial charge is 0.407 e. The number of carbonyl (C=O) groups excluding carboxylic acids is 2. The van der Waals surface area contributed by atoms with Crippen LogP contribution in [0.5, 0.6) is 5.88 Å². The van der Waals surface area contributed by atoms with Crippen molar-refractivity contribution in [2.75, 3.05) is 57.4 Å². The molecule has 0 radical (unpaired) electrons. The molecule has 5 rings (SSSR count). The van der Waals surface area contributed by atoms with Crippen LogP contribution >= 0.6 is 0 Å². The molecule has 0 unspecified atom stereocenters. The standard InChI is InChI=1S/C32H42FN5O7/c1-20-13-36(27(15-37(20)32(41)42)14-35-9-10-43-17-21(35)2)16-30(40)38-22(3)18-45-31-29(38)12-25(28(34-31)19-44-23(4)39)11-24-5-7-26(33)8-6-24/h5-8,12,20-22,27H,9-11,13-19H2,1-4H3,(H,41,42)/t20-,21-,22+,27+/m1/s1. The molecule has 244 valence electrons. The largest absolute Gasteiger partial charge is 0.474 e. The third-order valence-corrected chi connectivity index (χ3v) is 8.78. The van der Waals surface area contributed by atoms with Gasteiger partial charge in [0.15, 0.2) is 0 Å². The van der Waals surface area contributed by atoms with Gasteiger partial charge in [-0.1, -0.05) is 12.1 Å². The highest BCUT2D eigenvalue weighted by Gasteiger charge is 2.39. The van der Waals surface area contributed by atoms with Crippen molar-refractivity contribution in [2.45, 2.75) is 64.9 Å². The number of morpholine rings is 1. The molecule has 0 spiro atoms. The Balaban J connectivity index is 1.42. The van der Waals surface area contributed by atoms with Gasteiger partial charge in [-0.05, 0) is 56.5 Å². The first-order valence-electron chi connectivity index (χ1n) is 15.4. The molecular formula is C32H42FN5O7. The number of carboxylic acid groups (broad SMARTS) is 1. The fourth-order valence-corrected chi connectivity index (χ4v) is 6.30. The fourth-order valence-electron chi connectivity index (χ4n) is 6.30. The molecule has 12 nitrogen and oxygen atoms in total. The topological polar surface area (TPSA) is 125 Å². The number of hydrogen-bond acceptors (Lipinski definition) is 9. The molecule has 2 fully saturated rings. The maximum atomic E-state index is 14.2. The van der Waals surface area contributed by atoms with Gasteiger partial charge in [-0.2, -0.15) is 0 Å². The van der Waals surface area contributed by atoms with Crippen LogP contribution in [-0.2, 0) is 32.1 Å². The van der Waals surface area contributed by atoms with E-state index in [2.05, 4.69) is 21.7 Å². The highest BCUT2D eigenvalue weighted by atomic mass is 19.1. The number of amides is 2. The Bertz CT molecular complexity index is 1390. The SMILES string of the molecule is CC(=O)OCc1nc2c(cc1Cc1ccc(F)cc1)N(C(=O)CN1C[C@@H](C)N(C(=O)O)C[C@@H]1CN1CCOC[C@H]1C)[C@@H](C)CO2. The second kappa shape index (κ2) is 14.1. The number of pyridine rings is 1. The highest BCUT2D eigenvalue weighted by Crippen LogP contribution is 2.35. The van der Waals surface area contributed by atoms with E-state index in [1.54, 1.807) is 17.0 Å². The van der Waals surface area contributed by atoms with Crippen LogP contribution in [-0.4, -0.2) is 119 Å². The molecule has 3 aliphatic heterocycles. The van der Waals surface area contributed by atoms with E-state index in [9.17, 15) is 23.9 Å². The van der Waals surface area contributed by atoms with Gasteiger partial charge in [0.2, 0.25) is 11.8 Å². The van der Waals surface area contributed by atoms with Crippen molar-refractivity contribution in [3.05, 3.63) is 53.0 Å². The first-order valence-corrected chi connectivity index (χ1v) is 15.4. The van der Waals surface area contributed by atoms with E-state index in [1.165, 1.54) is 24.0 Å². The quantitative estimate of drug-likeness (QED) is 0.437. The molecule has 0 saturated carbocycles. The Labute approximate surface area is 262 Å². The van der Waals surface area contributed by atoms with Gasteiger partial charge >= 0.3 is 12.1 Å². The molecule has 45 heavy (non-hydrogen) atoms. The number of carbonyl (C=O) groups is 3. The van der Waals surface area contributed by atoms with Gasteiger partial charge in [-0.25, -0.2) is 14.2 Å². The zero-order valence-electron chi connectivity index (χ0n) is 26.3. The Kier molecular flexibility index (Phi) is 10.2. The number of rotatable bonds is 8. The van der Waals surface area contributed by atoms with Gasteiger partial charge in [-0.15, -0.1) is 0 Å². The van der Waals surface area contributed by atoms with Crippen molar-refractivity contribution in [3.8, 4) is 5.88 Å². The summed E-state index contributed by atoms with van der Waals surface area (Å²) in [6, 6.07) is 7.40. The number of fused-ring (bicyclic) bond motifs is 1. The lowest BCUT2D eigenvalue weighted by molar-refractivity contribution is -0.142. The second-order valence-corrected chi connectivity index (χ2v) is 12.2. The van der Waals surface area contributed by atoms with Crippen LogP contribution in [0.2, 0.25) is 0 Å². The van der Waals surface area contributed by atoms with Gasteiger partial charge in [0, 0.05) is 51.2 Å². The summed E-state index contributed by atoms with van der Waals surface area (Å²) in [6.07, 6.45) is -0.587. The average Bonchev–Trinajstić information content (AvgIpc) is 2.99. The Morgan fingerprint density at radius 1 is 1.04 bits per heavy atom. The Morgan fingerprint density at radius 2 is 1.80 bits per heavy atom. The molecule has 0 aliphatic carbocycles. The van der Waals surface area contributed by atoms with E-state index < -0.39 is 12.1 Å². The van der Waals surface area contributed by atoms with E-state index >= 15 is 0 Å². The summed E-state index contributed by atoms with van der Waals surface area (Å²) in [5.74, 6) is -0.673. The minimum atomic E-state index is -0.964. The predicted molar refractivity (Wildman–Crippen MR) is 163 cm³/mol. The van der Waals surface area contributed by atoms with E-state index in [4.69, 9.17) is 14.2 Å². The summed E-state index contributed by atoms with van der Waals surface area (Å²) < 4.78 is 30.4. The Morgan fingerprint density at radius 3 is 2.49 bits per heavy atom. The van der Waals surface area contributed by atoms with Crippen molar-refractivity contribution < 1.29 is 38.1 Å². The van der Waals surface area contributed by atoms with E-state index in [1.807, 2.05) is 19.9 Å². The summed E-state index contributed by atoms with van der Waals surface area (Å²) in [6.45, 7) is 10.7. The first-order chi connectivity index (χ1) is 21.5. The van der Waals surface area contributed by atoms with Gasteiger partial charge in [0.05, 0.1) is 31.5 Å². The van der Waals surface area contributed by atoms with Crippen LogP contribution in [0.4, 0.5) is 14.9 Å². The van der Waals surface area contributed by atoms with Crippen molar-refractivity contribution in [1.82, 2.24) is 19.7 Å². The lowest BCUT2D eigenvalue weighted by Crippen LogP contribution is -2.64. The van der Waals surface area contributed by atoms with Gasteiger partial charge in [-0.3, -0.25) is 19.4 Å². The molecule has 13 heteroatoms. The van der Waals surface area contributed by atoms with Crippen molar-refractivity contribution in [3.63, 3.8) is 0 Å². The maximum absolute atomic E-state index is 14.2. The molecule has 2 aromatic rings. The molecule has 2 amide bonds. The van der Waals surface area contributed by atoms with Crippen LogP contribution in [0, 0.1) is 5.82 Å². The molecule has 1 N–H and O–H groups in total. The van der Waals surface area contributed by atoms with Crippen molar-refractivity contribution in [2.24, 2.45) is 0 Å². The van der Waals surface area contributed by atoms with E-state index in [0.717, 1.165) is 17.7 Å². The van der Waals surface area contributed by atoms with Crippen LogP contribution in [0.15, 0.2) is 30.3 Å². The number of nitrogens with zero attached hydrogens (tertiary/aromatic N) is 5. The predicted octanol–water partition coefficient (Wildman–Crippen LogP) is 2.76. The summed E-state index contributed by atoms with van der Waals surface area (Å²) in [7, 11) is 0. The number of ether oxygens (including phenoxy) is 3. The minimum absolute atomic E-state index is 0.0701. The van der Waals surface area contributed by atoms with Gasteiger partial charge in [0.25, 0.3) is 0 Å². The number of hydrogen-bond donors (Lipinski definition) is 1. The Hall–Kier alpha value is -3.81. The first kappa shape index (κ1) is 32.6. The molecule has 4 atom stereocenters. The summed E-state index contributed by atoms with van der Waals surface area (Å²) in [4.78, 5) is 50.1. The highest BCUT2D eigenvalue weighted by molar-refractivity contribution is 5.97. The average molecular weight is 628 g/mol. The molecule has 2 saturated heterocycles. The van der Waals surface area contributed by atoms with Gasteiger partial charge in [0.1, 0.15) is 24.7 Å². The van der Waals surface area contributed by atoms with Gasteiger partial charge < -0.3 is 29.1 Å². The third kappa shape index (κ3) is 7.71. The molecule has 1 aromatic carbocycles. The molecule has 1 aromatic heterocycles. The number of aromatic nitrogens is 1. The summed E-state index contributed by atoms with van der Waals surface area (Å²) in [5, 5.41) is 9.87. The third-order valence-electron chi connectivity index (χ3n) is 8.78. The van der Waals surface area contributed by atoms with E-state index in [-0.39, 0.29) is 61.5 Å². The molecule has 3 aliphatic rings. The van der Waals surface area contributed by atoms with E-state index in [0.29, 0.717) is 50.7 Å². The number of halogens is 1. The summed E-state index contributed by atoms with van der Waals surface area (Å²) in [5.41, 5.74) is 2.56. The lowest BCUT2D eigenvalue weighted by Gasteiger charge is -2.47. The van der Waals surface area contributed by atoms with Crippen LogP contribution in [0.3, 0.4) is 0 Å². The fraction of sp³-hybridized carbons (Fsp3) is 0.562. The second-order valence-electron chi connectivity index (χ2n) is 12.2. The zero-order valence-corrected chi connectivity index (χ0v) is 26.3. The molecule has 4 heterocycles. The number of esters is 1. The maximum Gasteiger partial charge on any atom is 0.407 e. The van der Waals surface area contributed by atoms with Crippen molar-refractivity contribution >= 4 is 23.7 Å². The monoisotopic (exact) mass is 627 g/mol. The van der Waals surface area contributed by atoms with Crippen LogP contribution < -0.4 is 9.64 Å². The number of piperazine rings is 1. The number of anilines is 1. The summed E-state index contributed by atoms with van der Waals surface area (Å²) >= 11 is 0. The lowest BCUT2D eigenvalue weighted by atomic mass is 10.0. The van der Waals surface area contributed by atoms with Crippen molar-refractivity contribution in [1.29, 1.82) is 0 Å². The van der Waals surface area contributed by atoms with Crippen LogP contribution in [0.1, 0.15) is 44.5 Å². The minimum Gasteiger partial charge on any atom is -0.474 e. The normalized spacial score (nSPS) is 24.1. The number of benzene rings is 1. The van der Waals surface area contributed by atoms with Crippen LogP contribution in [0.25, 0.3) is 0 Å². The zero-order chi connectivity index (χ0) is 32.2.